The Hall–Kier alpha value is -3.56. The van der Waals surface area contributed by atoms with Crippen molar-refractivity contribution in [2.75, 3.05) is 0 Å². The molecule has 0 aromatic heterocycles. The fourth-order valence-electron chi connectivity index (χ4n) is 6.77. The van der Waals surface area contributed by atoms with Crippen LogP contribution in [0.1, 0.15) is 89.5 Å². The van der Waals surface area contributed by atoms with Crippen LogP contribution in [0.25, 0.3) is 33.1 Å². The molecular weight excluding hydrogens is 456 g/mol. The van der Waals surface area contributed by atoms with Crippen molar-refractivity contribution in [2.24, 2.45) is 10.8 Å². The molecule has 0 amide bonds. The molecule has 0 spiro atoms. The highest BCUT2D eigenvalue weighted by Crippen LogP contribution is 2.53. The summed E-state index contributed by atoms with van der Waals surface area (Å²) < 4.78 is 0. The molecule has 2 aromatic rings. The van der Waals surface area contributed by atoms with Gasteiger partial charge in [0.25, 0.3) is 0 Å². The lowest BCUT2D eigenvalue weighted by atomic mass is 9.78. The second-order valence-electron chi connectivity index (χ2n) is 13.5. The molecule has 0 aliphatic heterocycles. The van der Waals surface area contributed by atoms with Crippen LogP contribution in [0.5, 0.6) is 0 Å². The third kappa shape index (κ3) is 3.45. The third-order valence-corrected chi connectivity index (χ3v) is 8.91. The van der Waals surface area contributed by atoms with Crippen LogP contribution in [0.4, 0.5) is 0 Å². The first-order chi connectivity index (χ1) is 18.1. The van der Waals surface area contributed by atoms with Gasteiger partial charge in [0.15, 0.2) is 0 Å². The molecule has 2 aromatic carbocycles. The van der Waals surface area contributed by atoms with Gasteiger partial charge in [0.05, 0.1) is 0 Å². The minimum absolute atomic E-state index is 0.0767. The Balaban J connectivity index is 1.50. The molecule has 0 N–H and O–H groups in total. The minimum Gasteiger partial charge on any atom is -0.108 e. The summed E-state index contributed by atoms with van der Waals surface area (Å²) in [5.74, 6) is 0. The van der Waals surface area contributed by atoms with E-state index in [2.05, 4.69) is 114 Å². The topological polar surface area (TPSA) is 0 Å². The average Bonchev–Trinajstić information content (AvgIpc) is 3.60. The zero-order valence-corrected chi connectivity index (χ0v) is 23.6. The maximum absolute atomic E-state index is 3.97. The van der Waals surface area contributed by atoms with Crippen LogP contribution in [0.2, 0.25) is 0 Å². The van der Waals surface area contributed by atoms with Crippen molar-refractivity contribution in [1.82, 2.24) is 0 Å². The van der Waals surface area contributed by atoms with E-state index in [9.17, 15) is 0 Å². The first-order valence-electron chi connectivity index (χ1n) is 14.2. The average molecular weight is 493 g/mol. The maximum Gasteiger partial charge on any atom is 0.0400 e. The summed E-state index contributed by atoms with van der Waals surface area (Å²) in [6.07, 6.45) is 18.4. The van der Waals surface area contributed by atoms with E-state index in [-0.39, 0.29) is 10.8 Å². The van der Waals surface area contributed by atoms with Gasteiger partial charge in [0.1, 0.15) is 0 Å². The predicted octanol–water partition coefficient (Wildman–Crippen LogP) is 10.6. The Bertz CT molecular complexity index is 1750. The molecule has 5 aliphatic carbocycles. The molecule has 5 aliphatic rings. The van der Waals surface area contributed by atoms with Gasteiger partial charge in [-0.2, -0.15) is 0 Å². The summed E-state index contributed by atoms with van der Waals surface area (Å²) in [6, 6.07) is 9.43. The predicted molar refractivity (Wildman–Crippen MR) is 163 cm³/mol. The molecule has 0 nitrogen and oxygen atoms in total. The zero-order valence-electron chi connectivity index (χ0n) is 23.6. The summed E-state index contributed by atoms with van der Waals surface area (Å²) >= 11 is 0. The van der Waals surface area contributed by atoms with Gasteiger partial charge in [-0.25, -0.2) is 0 Å². The first-order valence-corrected chi connectivity index (χ1v) is 14.2. The van der Waals surface area contributed by atoms with Crippen molar-refractivity contribution >= 4 is 33.1 Å². The Morgan fingerprint density at radius 2 is 1.58 bits per heavy atom. The van der Waals surface area contributed by atoms with Crippen LogP contribution >= 0.6 is 0 Å². The van der Waals surface area contributed by atoms with E-state index >= 15 is 0 Å². The molecular formula is C38H36. The number of hydrogen-bond donors (Lipinski definition) is 0. The molecule has 0 radical (unpaired) electrons. The molecule has 0 heterocycles. The standard InChI is InChI=1S/C38H36/c1-37(2,3)25-17-14-23(15-18-25)32-21-31(24-16-19-26(20-24)38(4,5)6)34-22-33-28-11-8-7-10-27(28)29-12-9-13-30(35(29)33)36(32)34/h7,9-10,12-14,16-17,19,22H,8,11,15,18H2,1-6H3. The third-order valence-electron chi connectivity index (χ3n) is 8.91. The quantitative estimate of drug-likeness (QED) is 0.366. The van der Waals surface area contributed by atoms with Gasteiger partial charge in [-0.05, 0) is 93.4 Å². The van der Waals surface area contributed by atoms with Crippen LogP contribution in [-0.4, -0.2) is 0 Å². The SMILES string of the molecule is CC(C)(C)C1=C=C(C2=C=C(C3=CC=C(C(C)(C)C)CC3)c3c2cc2c4c(cccc34)C3=C2CCC=C3)C=C1. The Labute approximate surface area is 227 Å². The number of rotatable bonds is 2. The van der Waals surface area contributed by atoms with Crippen molar-refractivity contribution in [3.63, 3.8) is 0 Å². The smallest absolute Gasteiger partial charge is 0.0400 e. The fraction of sp³-hybridized carbons (Fsp3) is 0.316. The molecule has 0 saturated carbocycles. The van der Waals surface area contributed by atoms with E-state index < -0.39 is 0 Å². The highest BCUT2D eigenvalue weighted by Gasteiger charge is 2.32. The molecule has 0 saturated heterocycles. The van der Waals surface area contributed by atoms with E-state index in [1.807, 2.05) is 0 Å². The van der Waals surface area contributed by atoms with Gasteiger partial charge >= 0.3 is 0 Å². The van der Waals surface area contributed by atoms with Crippen molar-refractivity contribution in [1.29, 1.82) is 0 Å². The summed E-state index contributed by atoms with van der Waals surface area (Å²) in [5, 5.41) is 2.82. The Morgan fingerprint density at radius 1 is 0.737 bits per heavy atom. The summed E-state index contributed by atoms with van der Waals surface area (Å²) in [7, 11) is 0. The molecule has 188 valence electrons. The van der Waals surface area contributed by atoms with Crippen LogP contribution in [0.3, 0.4) is 0 Å². The van der Waals surface area contributed by atoms with E-state index in [4.69, 9.17) is 0 Å². The van der Waals surface area contributed by atoms with Crippen molar-refractivity contribution in [3.8, 4) is 0 Å². The first kappa shape index (κ1) is 23.5. The lowest BCUT2D eigenvalue weighted by molar-refractivity contribution is 0.480. The monoisotopic (exact) mass is 492 g/mol. The molecule has 0 unspecified atom stereocenters. The summed E-state index contributed by atoms with van der Waals surface area (Å²) in [4.78, 5) is 0. The van der Waals surface area contributed by atoms with Crippen LogP contribution in [-0.2, 0) is 0 Å². The second-order valence-corrected chi connectivity index (χ2v) is 13.5. The van der Waals surface area contributed by atoms with Crippen molar-refractivity contribution < 1.29 is 0 Å². The van der Waals surface area contributed by atoms with Gasteiger partial charge in [0.2, 0.25) is 0 Å². The van der Waals surface area contributed by atoms with Crippen LogP contribution in [0.15, 0.2) is 94.5 Å². The van der Waals surface area contributed by atoms with Gasteiger partial charge in [0, 0.05) is 33.4 Å². The molecule has 0 fully saturated rings. The molecule has 0 heteroatoms. The number of fused-ring (bicyclic) bond motifs is 4. The van der Waals surface area contributed by atoms with Gasteiger partial charge in [-0.3, -0.25) is 0 Å². The number of allylic oxidation sites excluding steroid dienone is 12. The second kappa shape index (κ2) is 7.97. The highest BCUT2D eigenvalue weighted by atomic mass is 14.3. The molecule has 7 rings (SSSR count). The van der Waals surface area contributed by atoms with Crippen molar-refractivity contribution in [3.05, 3.63) is 117 Å². The van der Waals surface area contributed by atoms with Crippen molar-refractivity contribution in [2.45, 2.75) is 67.2 Å². The Kier molecular flexibility index (Phi) is 4.94. The van der Waals surface area contributed by atoms with E-state index in [0.29, 0.717) is 0 Å². The van der Waals surface area contributed by atoms with E-state index in [0.717, 1.165) is 25.7 Å². The molecule has 0 bridgehead atoms. The molecule has 0 atom stereocenters. The van der Waals surface area contributed by atoms with Gasteiger partial charge < -0.3 is 0 Å². The summed E-state index contributed by atoms with van der Waals surface area (Å²) in [5.41, 5.74) is 24.4. The fourth-order valence-corrected chi connectivity index (χ4v) is 6.77. The van der Waals surface area contributed by atoms with Gasteiger partial charge in [-0.1, -0.05) is 89.6 Å². The van der Waals surface area contributed by atoms with E-state index in [1.54, 1.807) is 0 Å². The zero-order chi connectivity index (χ0) is 26.4. The van der Waals surface area contributed by atoms with Crippen LogP contribution < -0.4 is 0 Å². The Morgan fingerprint density at radius 3 is 2.29 bits per heavy atom. The lowest BCUT2D eigenvalue weighted by Gasteiger charge is -2.26. The number of hydrogen-bond acceptors (Lipinski definition) is 0. The molecule has 38 heavy (non-hydrogen) atoms. The van der Waals surface area contributed by atoms with Crippen LogP contribution in [0, 0.1) is 10.8 Å². The lowest BCUT2D eigenvalue weighted by Crippen LogP contribution is -2.11. The highest BCUT2D eigenvalue weighted by molar-refractivity contribution is 6.21. The number of benzene rings is 2. The summed E-state index contributed by atoms with van der Waals surface area (Å²) in [6.45, 7) is 13.8. The minimum atomic E-state index is 0.0767. The largest absolute Gasteiger partial charge is 0.108 e. The normalized spacial score (nSPS) is 19.7. The van der Waals surface area contributed by atoms with Gasteiger partial charge in [-0.15, -0.1) is 11.5 Å². The van der Waals surface area contributed by atoms with E-state index in [1.165, 1.54) is 77.6 Å². The maximum atomic E-state index is 3.97.